The molecule has 7 heteroatoms. The highest BCUT2D eigenvalue weighted by Gasteiger charge is 2.29. The Morgan fingerprint density at radius 1 is 1.00 bits per heavy atom. The van der Waals surface area contributed by atoms with Gasteiger partial charge in [0.2, 0.25) is 0 Å². The highest BCUT2D eigenvalue weighted by atomic mass is 16.5. The van der Waals surface area contributed by atoms with Gasteiger partial charge in [0.1, 0.15) is 5.76 Å². The Hall–Kier alpha value is -3.97. The second kappa shape index (κ2) is 11.0. The monoisotopic (exact) mass is 499 g/mol. The van der Waals surface area contributed by atoms with Gasteiger partial charge < -0.3 is 23.8 Å². The first kappa shape index (κ1) is 24.7. The summed E-state index contributed by atoms with van der Waals surface area (Å²) >= 11 is 0. The summed E-state index contributed by atoms with van der Waals surface area (Å²) in [4.78, 5) is 15.2. The fourth-order valence-corrected chi connectivity index (χ4v) is 4.96. The number of nitrogens with one attached hydrogen (secondary N) is 1. The van der Waals surface area contributed by atoms with Crippen LogP contribution in [-0.4, -0.2) is 42.7 Å². The van der Waals surface area contributed by atoms with Crippen LogP contribution in [0.4, 0.5) is 0 Å². The third-order valence-corrected chi connectivity index (χ3v) is 6.92. The predicted octanol–water partition coefficient (Wildman–Crippen LogP) is 4.98. The number of benzene rings is 2. The van der Waals surface area contributed by atoms with Crippen LogP contribution in [0.3, 0.4) is 0 Å². The lowest BCUT2D eigenvalue weighted by atomic mass is 9.99. The van der Waals surface area contributed by atoms with E-state index in [-0.39, 0.29) is 11.9 Å². The van der Waals surface area contributed by atoms with E-state index in [1.807, 2.05) is 24.3 Å². The third-order valence-electron chi connectivity index (χ3n) is 6.92. The van der Waals surface area contributed by atoms with Crippen molar-refractivity contribution in [2.75, 3.05) is 27.3 Å². The maximum absolute atomic E-state index is 12.7. The van der Waals surface area contributed by atoms with Crippen molar-refractivity contribution in [1.82, 2.24) is 14.8 Å². The van der Waals surface area contributed by atoms with Crippen molar-refractivity contribution >= 4 is 5.91 Å². The Morgan fingerprint density at radius 3 is 2.59 bits per heavy atom. The van der Waals surface area contributed by atoms with Crippen molar-refractivity contribution in [3.05, 3.63) is 107 Å². The van der Waals surface area contributed by atoms with E-state index in [9.17, 15) is 4.79 Å². The molecule has 0 bridgehead atoms. The van der Waals surface area contributed by atoms with Gasteiger partial charge in [0.25, 0.3) is 5.91 Å². The van der Waals surface area contributed by atoms with Crippen LogP contribution >= 0.6 is 0 Å². The molecule has 192 valence electrons. The Balaban J connectivity index is 1.22. The molecule has 7 nitrogen and oxygen atoms in total. The zero-order chi connectivity index (χ0) is 25.8. The second-order valence-corrected chi connectivity index (χ2v) is 9.37. The molecule has 1 atom stereocenters. The summed E-state index contributed by atoms with van der Waals surface area (Å²) in [5.74, 6) is 2.26. The normalized spacial score (nSPS) is 15.3. The number of rotatable bonds is 9. The van der Waals surface area contributed by atoms with Crippen LogP contribution in [0.25, 0.3) is 0 Å². The van der Waals surface area contributed by atoms with Crippen LogP contribution in [0, 0.1) is 6.92 Å². The molecule has 1 unspecified atom stereocenters. The number of nitrogens with zero attached hydrogens (tertiary/aromatic N) is 2. The van der Waals surface area contributed by atoms with Gasteiger partial charge in [-0.25, -0.2) is 0 Å². The number of fused-ring (bicyclic) bond motifs is 1. The van der Waals surface area contributed by atoms with E-state index in [1.54, 1.807) is 20.3 Å². The van der Waals surface area contributed by atoms with Gasteiger partial charge in [-0.3, -0.25) is 9.69 Å². The van der Waals surface area contributed by atoms with Crippen LogP contribution in [0.2, 0.25) is 0 Å². The van der Waals surface area contributed by atoms with Gasteiger partial charge in [-0.2, -0.15) is 0 Å². The number of aromatic nitrogens is 1. The Bertz CT molecular complexity index is 1360. The molecule has 3 heterocycles. The quantitative estimate of drug-likeness (QED) is 0.352. The van der Waals surface area contributed by atoms with Gasteiger partial charge in [-0.1, -0.05) is 35.9 Å². The highest BCUT2D eigenvalue weighted by Crippen LogP contribution is 2.34. The highest BCUT2D eigenvalue weighted by molar-refractivity contribution is 5.91. The standard InChI is InChI=1S/C30H33N3O4/c1-21-6-9-23(10-7-21)29-25-5-4-16-32(25)17-18-33(29)20-24-11-13-27(37-24)30(34)31-15-14-22-8-12-26(35-2)28(19-22)36-3/h4-13,16,19,29H,14-15,17-18,20H2,1-3H3,(H,31,34). The lowest BCUT2D eigenvalue weighted by molar-refractivity contribution is 0.0920. The molecule has 1 aliphatic rings. The topological polar surface area (TPSA) is 68.9 Å². The lowest BCUT2D eigenvalue weighted by Crippen LogP contribution is -2.37. The smallest absolute Gasteiger partial charge is 0.287 e. The Morgan fingerprint density at radius 2 is 1.81 bits per heavy atom. The number of carbonyl (C=O) groups excluding carboxylic acids is 1. The maximum atomic E-state index is 12.7. The SMILES string of the molecule is COc1ccc(CCNC(=O)c2ccc(CN3CCn4cccc4C3c3ccc(C)cc3)o2)cc1OC. The number of amides is 1. The molecule has 5 rings (SSSR count). The molecule has 0 saturated heterocycles. The van der Waals surface area contributed by atoms with Gasteiger partial charge >= 0.3 is 0 Å². The van der Waals surface area contributed by atoms with E-state index in [0.29, 0.717) is 36.8 Å². The number of ether oxygens (including phenoxy) is 2. The van der Waals surface area contributed by atoms with Crippen LogP contribution in [-0.2, 0) is 19.5 Å². The van der Waals surface area contributed by atoms with E-state index < -0.39 is 0 Å². The minimum atomic E-state index is -0.214. The van der Waals surface area contributed by atoms with E-state index >= 15 is 0 Å². The predicted molar refractivity (Wildman–Crippen MR) is 142 cm³/mol. The molecule has 0 spiro atoms. The van der Waals surface area contributed by atoms with E-state index in [4.69, 9.17) is 13.9 Å². The first-order valence-electron chi connectivity index (χ1n) is 12.6. The van der Waals surface area contributed by atoms with Crippen LogP contribution < -0.4 is 14.8 Å². The number of methoxy groups -OCH3 is 2. The summed E-state index contributed by atoms with van der Waals surface area (Å²) in [5, 5.41) is 2.96. The molecule has 1 N–H and O–H groups in total. The number of furan rings is 1. The van der Waals surface area contributed by atoms with Gasteiger partial charge in [0, 0.05) is 31.5 Å². The molecule has 2 aromatic carbocycles. The van der Waals surface area contributed by atoms with Crippen LogP contribution in [0.15, 0.2) is 77.3 Å². The van der Waals surface area contributed by atoms with Crippen molar-refractivity contribution < 1.29 is 18.7 Å². The fourth-order valence-electron chi connectivity index (χ4n) is 4.96. The Kier molecular flexibility index (Phi) is 7.32. The molecule has 0 radical (unpaired) electrons. The molecule has 1 aliphatic heterocycles. The molecule has 0 saturated carbocycles. The van der Waals surface area contributed by atoms with E-state index in [1.165, 1.54) is 16.8 Å². The molecule has 0 fully saturated rings. The van der Waals surface area contributed by atoms with Crippen molar-refractivity contribution in [3.8, 4) is 11.5 Å². The number of carbonyl (C=O) groups is 1. The van der Waals surface area contributed by atoms with E-state index in [2.05, 4.69) is 64.3 Å². The average Bonchev–Trinajstić information content (AvgIpc) is 3.59. The van der Waals surface area contributed by atoms with E-state index in [0.717, 1.165) is 24.4 Å². The molecule has 1 amide bonds. The van der Waals surface area contributed by atoms with Gasteiger partial charge in [0.15, 0.2) is 17.3 Å². The lowest BCUT2D eigenvalue weighted by Gasteiger charge is -2.37. The van der Waals surface area contributed by atoms with Crippen molar-refractivity contribution in [3.63, 3.8) is 0 Å². The first-order valence-corrected chi connectivity index (χ1v) is 12.6. The molecular formula is C30H33N3O4. The summed E-state index contributed by atoms with van der Waals surface area (Å²) in [5.41, 5.74) is 4.82. The number of aryl methyl sites for hydroxylation is 1. The zero-order valence-corrected chi connectivity index (χ0v) is 21.6. The van der Waals surface area contributed by atoms with Crippen LogP contribution in [0.5, 0.6) is 11.5 Å². The largest absolute Gasteiger partial charge is 0.493 e. The number of hydrogen-bond donors (Lipinski definition) is 1. The molecule has 4 aromatic rings. The summed E-state index contributed by atoms with van der Waals surface area (Å²) in [7, 11) is 3.23. The average molecular weight is 500 g/mol. The summed E-state index contributed by atoms with van der Waals surface area (Å²) in [6.07, 6.45) is 2.82. The minimum Gasteiger partial charge on any atom is -0.493 e. The summed E-state index contributed by atoms with van der Waals surface area (Å²) < 4.78 is 19.0. The van der Waals surface area contributed by atoms with Crippen molar-refractivity contribution in [2.45, 2.75) is 32.5 Å². The third kappa shape index (κ3) is 5.42. The number of hydrogen-bond acceptors (Lipinski definition) is 5. The van der Waals surface area contributed by atoms with Gasteiger partial charge in [-0.15, -0.1) is 0 Å². The molecule has 37 heavy (non-hydrogen) atoms. The first-order chi connectivity index (χ1) is 18.1. The summed E-state index contributed by atoms with van der Waals surface area (Å²) in [6.45, 7) is 5.04. The van der Waals surface area contributed by atoms with Crippen molar-refractivity contribution in [1.29, 1.82) is 0 Å². The van der Waals surface area contributed by atoms with Crippen LogP contribution in [0.1, 0.15) is 44.7 Å². The summed E-state index contributed by atoms with van der Waals surface area (Å²) in [6, 6.07) is 22.6. The second-order valence-electron chi connectivity index (χ2n) is 9.37. The van der Waals surface area contributed by atoms with Gasteiger partial charge in [0.05, 0.1) is 26.8 Å². The molecule has 0 aliphatic carbocycles. The minimum absolute atomic E-state index is 0.133. The fraction of sp³-hybridized carbons (Fsp3) is 0.300. The van der Waals surface area contributed by atoms with Crippen molar-refractivity contribution in [2.24, 2.45) is 0 Å². The van der Waals surface area contributed by atoms with Gasteiger partial charge in [-0.05, 0) is 60.9 Å². The zero-order valence-electron chi connectivity index (χ0n) is 21.6. The Labute approximate surface area is 217 Å². The maximum Gasteiger partial charge on any atom is 0.287 e. The molecular weight excluding hydrogens is 466 g/mol. The molecule has 2 aromatic heterocycles.